The van der Waals surface area contributed by atoms with E-state index < -0.39 is 0 Å². The molecule has 16 heavy (non-hydrogen) atoms. The molecule has 0 amide bonds. The first kappa shape index (κ1) is 15.6. The third-order valence-corrected chi connectivity index (χ3v) is 3.82. The predicted octanol–water partition coefficient (Wildman–Crippen LogP) is 2.76. The van der Waals surface area contributed by atoms with Crippen LogP contribution < -0.4 is 10.6 Å². The van der Waals surface area contributed by atoms with E-state index >= 15 is 0 Å². The summed E-state index contributed by atoms with van der Waals surface area (Å²) in [6.07, 6.45) is 3.17. The summed E-state index contributed by atoms with van der Waals surface area (Å²) in [6, 6.07) is 0. The van der Waals surface area contributed by atoms with Gasteiger partial charge in [0.1, 0.15) is 0 Å². The van der Waals surface area contributed by atoms with Crippen molar-refractivity contribution in [3.8, 4) is 0 Å². The van der Waals surface area contributed by atoms with Gasteiger partial charge in [0.15, 0.2) is 0 Å². The fourth-order valence-corrected chi connectivity index (χ4v) is 2.00. The summed E-state index contributed by atoms with van der Waals surface area (Å²) in [5.74, 6) is 0. The number of nitrogens with one attached hydrogen (secondary N) is 4. The van der Waals surface area contributed by atoms with Crippen LogP contribution in [-0.2, 0) is 0 Å². The van der Waals surface area contributed by atoms with E-state index in [-0.39, 0.29) is 0 Å². The first-order valence-electron chi connectivity index (χ1n) is 4.80. The van der Waals surface area contributed by atoms with Gasteiger partial charge in [0.05, 0.1) is 8.31 Å². The van der Waals surface area contributed by atoms with Gasteiger partial charge in [0.2, 0.25) is 0 Å². The van der Waals surface area contributed by atoms with Crippen molar-refractivity contribution in [2.75, 3.05) is 13.6 Å². The molecule has 6 heteroatoms. The van der Waals surface area contributed by atoms with E-state index in [1.165, 1.54) is 12.4 Å². The Hall–Kier alpha value is -0.370. The lowest BCUT2D eigenvalue weighted by molar-refractivity contribution is 0.901. The van der Waals surface area contributed by atoms with E-state index in [2.05, 4.69) is 49.2 Å². The molecule has 0 saturated carbocycles. The third-order valence-electron chi connectivity index (χ3n) is 1.84. The van der Waals surface area contributed by atoms with Crippen LogP contribution in [0.15, 0.2) is 19.5 Å². The summed E-state index contributed by atoms with van der Waals surface area (Å²) in [5.41, 5.74) is 1.68. The quantitative estimate of drug-likeness (QED) is 0.302. The van der Waals surface area contributed by atoms with Crippen molar-refractivity contribution in [3.63, 3.8) is 0 Å². The highest BCUT2D eigenvalue weighted by molar-refractivity contribution is 14.1. The highest BCUT2D eigenvalue weighted by Gasteiger charge is 2.06. The van der Waals surface area contributed by atoms with Crippen LogP contribution >= 0.6 is 38.5 Å². The van der Waals surface area contributed by atoms with Gasteiger partial charge in [-0.3, -0.25) is 0 Å². The zero-order valence-corrected chi connectivity index (χ0v) is 13.1. The Morgan fingerprint density at radius 3 is 2.25 bits per heavy atom. The second-order valence-electron chi connectivity index (χ2n) is 2.92. The van der Waals surface area contributed by atoms with Gasteiger partial charge < -0.3 is 21.5 Å². The molecule has 0 heterocycles. The zero-order valence-electron chi connectivity index (χ0n) is 9.32. The Bertz CT molecular complexity index is 323. The molecule has 0 atom stereocenters. The maximum Gasteiger partial charge on any atom is 0.0828 e. The van der Waals surface area contributed by atoms with Crippen LogP contribution in [0.5, 0.6) is 0 Å². The summed E-state index contributed by atoms with van der Waals surface area (Å²) >= 11 is 5.52. The fraction of sp³-hybridized carbons (Fsp3) is 0.400. The Balaban J connectivity index is 4.97. The van der Waals surface area contributed by atoms with Crippen LogP contribution in [0.2, 0.25) is 0 Å². The molecule has 0 radical (unpaired) electrons. The van der Waals surface area contributed by atoms with E-state index in [4.69, 9.17) is 10.8 Å². The minimum Gasteiger partial charge on any atom is -0.382 e. The topological polar surface area (TPSA) is 71.8 Å². The molecule has 0 aromatic rings. The summed E-state index contributed by atoms with van der Waals surface area (Å²) in [6.45, 7) is 2.84. The largest absolute Gasteiger partial charge is 0.382 e. The Morgan fingerprint density at radius 2 is 1.88 bits per heavy atom. The fourth-order valence-electron chi connectivity index (χ4n) is 1.02. The van der Waals surface area contributed by atoms with E-state index in [0.717, 1.165) is 26.0 Å². The minimum atomic E-state index is 0.555. The van der Waals surface area contributed by atoms with E-state index in [1.54, 1.807) is 7.05 Å². The van der Waals surface area contributed by atoms with Crippen LogP contribution in [-0.4, -0.2) is 26.0 Å². The zero-order chi connectivity index (χ0) is 12.6. The van der Waals surface area contributed by atoms with E-state index in [0.29, 0.717) is 6.42 Å². The van der Waals surface area contributed by atoms with E-state index in [1.807, 2.05) is 6.92 Å². The van der Waals surface area contributed by atoms with Crippen molar-refractivity contribution in [1.29, 1.82) is 10.8 Å². The van der Waals surface area contributed by atoms with Gasteiger partial charge in [-0.2, -0.15) is 0 Å². The molecule has 0 aliphatic heterocycles. The maximum atomic E-state index is 7.37. The summed E-state index contributed by atoms with van der Waals surface area (Å²) in [5, 5.41) is 20.8. The molecule has 0 rings (SSSR count). The molecule has 0 aliphatic rings. The maximum absolute atomic E-state index is 7.37. The van der Waals surface area contributed by atoms with Crippen molar-refractivity contribution >= 4 is 51.0 Å². The first-order valence-corrected chi connectivity index (χ1v) is 6.67. The second kappa shape index (κ2) is 8.74. The minimum absolute atomic E-state index is 0.555. The van der Waals surface area contributed by atoms with Crippen molar-refractivity contribution in [2.45, 2.75) is 13.3 Å². The normalized spacial score (nSPS) is 13.5. The van der Waals surface area contributed by atoms with Gasteiger partial charge in [-0.15, -0.1) is 0 Å². The van der Waals surface area contributed by atoms with Crippen LogP contribution in [0, 0.1) is 10.8 Å². The molecule has 0 aromatic heterocycles. The van der Waals surface area contributed by atoms with Crippen LogP contribution in [0.25, 0.3) is 0 Å². The molecule has 0 fully saturated rings. The molecular weight excluding hydrogens is 383 g/mol. The van der Waals surface area contributed by atoms with Gasteiger partial charge in [0.25, 0.3) is 0 Å². The lowest BCUT2D eigenvalue weighted by Gasteiger charge is -2.09. The Morgan fingerprint density at radius 1 is 1.31 bits per heavy atom. The standard InChI is InChI=1S/C10H16BrIN4/c1-3-16-10(12)8(6-14)4-7(5-13)9(11)15-2/h5-6,13-16H,3-4H2,1-2H3/b9-7-,10-8-,13-5?,14-6?. The summed E-state index contributed by atoms with van der Waals surface area (Å²) < 4.78 is 1.73. The van der Waals surface area contributed by atoms with Crippen LogP contribution in [0.1, 0.15) is 13.3 Å². The number of rotatable bonds is 7. The molecule has 4 N–H and O–H groups in total. The smallest absolute Gasteiger partial charge is 0.0828 e. The van der Waals surface area contributed by atoms with Crippen molar-refractivity contribution in [1.82, 2.24) is 10.6 Å². The van der Waals surface area contributed by atoms with Gasteiger partial charge in [-0.05, 0) is 45.4 Å². The van der Waals surface area contributed by atoms with E-state index in [9.17, 15) is 0 Å². The summed E-state index contributed by atoms with van der Waals surface area (Å²) in [4.78, 5) is 0. The van der Waals surface area contributed by atoms with Crippen LogP contribution in [0.3, 0.4) is 0 Å². The molecular formula is C10H16BrIN4. The predicted molar refractivity (Wildman–Crippen MR) is 81.9 cm³/mol. The monoisotopic (exact) mass is 398 g/mol. The van der Waals surface area contributed by atoms with Gasteiger partial charge in [-0.1, -0.05) is 0 Å². The average Bonchev–Trinajstić information content (AvgIpc) is 2.30. The molecule has 4 nitrogen and oxygen atoms in total. The van der Waals surface area contributed by atoms with Crippen LogP contribution in [0.4, 0.5) is 0 Å². The second-order valence-corrected chi connectivity index (χ2v) is 4.80. The van der Waals surface area contributed by atoms with Crippen molar-refractivity contribution in [3.05, 3.63) is 19.5 Å². The molecule has 90 valence electrons. The molecule has 0 saturated heterocycles. The molecule has 0 bridgehead atoms. The number of hydrogen-bond acceptors (Lipinski definition) is 4. The number of halogens is 2. The lowest BCUT2D eigenvalue weighted by Crippen LogP contribution is -2.12. The lowest BCUT2D eigenvalue weighted by atomic mass is 10.1. The van der Waals surface area contributed by atoms with Crippen molar-refractivity contribution < 1.29 is 0 Å². The average molecular weight is 399 g/mol. The SMILES string of the molecule is CCN/C(I)=C(\C=N)C/C(C=N)=C(\Br)NC. The molecule has 0 aromatic carbocycles. The highest BCUT2D eigenvalue weighted by atomic mass is 127. The Kier molecular flexibility index (Phi) is 8.54. The first-order chi connectivity index (χ1) is 7.60. The summed E-state index contributed by atoms with van der Waals surface area (Å²) in [7, 11) is 1.79. The van der Waals surface area contributed by atoms with Crippen molar-refractivity contribution in [2.24, 2.45) is 0 Å². The van der Waals surface area contributed by atoms with Gasteiger partial charge in [0, 0.05) is 43.6 Å². The third kappa shape index (κ3) is 5.11. The molecule has 0 aliphatic carbocycles. The highest BCUT2D eigenvalue weighted by Crippen LogP contribution is 2.19. The van der Waals surface area contributed by atoms with Gasteiger partial charge >= 0.3 is 0 Å². The van der Waals surface area contributed by atoms with Gasteiger partial charge in [-0.25, -0.2) is 0 Å². The molecule has 0 spiro atoms. The number of allylic oxidation sites excluding steroid dienone is 2. The number of hydrogen-bond donors (Lipinski definition) is 4. The molecule has 0 unspecified atom stereocenters. The Labute approximate surface area is 118 Å².